The molecule has 1 aliphatic rings. The second-order valence-electron chi connectivity index (χ2n) is 6.02. The fourth-order valence-corrected chi connectivity index (χ4v) is 2.85. The van der Waals surface area contributed by atoms with Crippen molar-refractivity contribution in [1.82, 2.24) is 10.2 Å². The zero-order valence-corrected chi connectivity index (χ0v) is 14.7. The van der Waals surface area contributed by atoms with Crippen molar-refractivity contribution >= 4 is 33.4 Å². The number of benzene rings is 1. The van der Waals surface area contributed by atoms with Crippen LogP contribution in [0.4, 0.5) is 5.69 Å². The summed E-state index contributed by atoms with van der Waals surface area (Å²) in [6.45, 7) is 3.40. The minimum atomic E-state index is -0.215. The van der Waals surface area contributed by atoms with Gasteiger partial charge in [-0.05, 0) is 61.1 Å². The van der Waals surface area contributed by atoms with Gasteiger partial charge in [0.2, 0.25) is 11.8 Å². The third kappa shape index (κ3) is 4.55. The molecule has 2 rings (SSSR count). The van der Waals surface area contributed by atoms with Crippen LogP contribution in [0.25, 0.3) is 0 Å². The number of nitrogens with one attached hydrogen (secondary N) is 2. The van der Waals surface area contributed by atoms with E-state index in [9.17, 15) is 9.59 Å². The van der Waals surface area contributed by atoms with Gasteiger partial charge in [0.25, 0.3) is 0 Å². The lowest BCUT2D eigenvalue weighted by atomic mass is 10.2. The van der Waals surface area contributed by atoms with Crippen LogP contribution >= 0.6 is 15.9 Å². The average molecular weight is 368 g/mol. The summed E-state index contributed by atoms with van der Waals surface area (Å²) in [5, 5.41) is 5.76. The Hall–Kier alpha value is -1.40. The topological polar surface area (TPSA) is 61.4 Å². The van der Waals surface area contributed by atoms with Gasteiger partial charge in [0.1, 0.15) is 0 Å². The van der Waals surface area contributed by atoms with E-state index in [-0.39, 0.29) is 23.7 Å². The molecule has 1 aromatic carbocycles. The van der Waals surface area contributed by atoms with Crippen molar-refractivity contribution in [2.45, 2.75) is 13.3 Å². The van der Waals surface area contributed by atoms with Gasteiger partial charge in [0.05, 0.1) is 17.5 Å². The number of carbonyl (C=O) groups excluding carboxylic acids is 2. The lowest BCUT2D eigenvalue weighted by Crippen LogP contribution is -2.33. The number of carbonyl (C=O) groups is 2. The van der Waals surface area contributed by atoms with Gasteiger partial charge < -0.3 is 15.5 Å². The summed E-state index contributed by atoms with van der Waals surface area (Å²) in [7, 11) is 3.91. The number of amides is 2. The summed E-state index contributed by atoms with van der Waals surface area (Å²) in [4.78, 5) is 26.1. The lowest BCUT2D eigenvalue weighted by molar-refractivity contribution is -0.125. The SMILES string of the molecule is Cc1ccc(NC(=O)C2CC2C(=O)NCCN(C)C)c(Br)c1. The van der Waals surface area contributed by atoms with Gasteiger partial charge >= 0.3 is 0 Å². The van der Waals surface area contributed by atoms with E-state index in [2.05, 4.69) is 26.6 Å². The fourth-order valence-electron chi connectivity index (χ4n) is 2.26. The number of halogens is 1. The molecular formula is C16H22BrN3O2. The van der Waals surface area contributed by atoms with Crippen LogP contribution < -0.4 is 10.6 Å². The maximum Gasteiger partial charge on any atom is 0.228 e. The van der Waals surface area contributed by atoms with Crippen LogP contribution in [-0.2, 0) is 9.59 Å². The zero-order valence-electron chi connectivity index (χ0n) is 13.1. The van der Waals surface area contributed by atoms with Gasteiger partial charge in [-0.2, -0.15) is 0 Å². The Balaban J connectivity index is 1.81. The summed E-state index contributed by atoms with van der Waals surface area (Å²) >= 11 is 3.44. The number of aryl methyl sites for hydroxylation is 1. The molecule has 0 aliphatic heterocycles. The number of hydrogen-bond acceptors (Lipinski definition) is 3. The summed E-state index contributed by atoms with van der Waals surface area (Å²) in [6.07, 6.45) is 0.628. The molecule has 0 spiro atoms. The maximum atomic E-state index is 12.2. The largest absolute Gasteiger partial charge is 0.355 e. The Morgan fingerprint density at radius 1 is 1.27 bits per heavy atom. The molecule has 1 aromatic rings. The first-order valence-corrected chi connectivity index (χ1v) is 8.17. The molecule has 0 radical (unpaired) electrons. The highest BCUT2D eigenvalue weighted by Crippen LogP contribution is 2.40. The van der Waals surface area contributed by atoms with Crippen LogP contribution in [0.15, 0.2) is 22.7 Å². The second-order valence-corrected chi connectivity index (χ2v) is 6.87. The first-order valence-electron chi connectivity index (χ1n) is 7.38. The molecule has 1 aliphatic carbocycles. The van der Waals surface area contributed by atoms with Crippen LogP contribution in [0, 0.1) is 18.8 Å². The highest BCUT2D eigenvalue weighted by Gasteiger charge is 2.47. The third-order valence-corrected chi connectivity index (χ3v) is 4.36. The molecule has 0 heterocycles. The van der Waals surface area contributed by atoms with Gasteiger partial charge in [-0.1, -0.05) is 6.07 Å². The molecule has 2 amide bonds. The van der Waals surface area contributed by atoms with Crippen LogP contribution in [0.3, 0.4) is 0 Å². The molecule has 1 saturated carbocycles. The van der Waals surface area contributed by atoms with E-state index in [1.54, 1.807) is 0 Å². The summed E-state index contributed by atoms with van der Waals surface area (Å²) in [6, 6.07) is 5.76. The lowest BCUT2D eigenvalue weighted by Gasteiger charge is -2.10. The highest BCUT2D eigenvalue weighted by molar-refractivity contribution is 9.10. The van der Waals surface area contributed by atoms with Crippen molar-refractivity contribution in [1.29, 1.82) is 0 Å². The van der Waals surface area contributed by atoms with Crippen molar-refractivity contribution < 1.29 is 9.59 Å². The standard InChI is InChI=1S/C16H22BrN3O2/c1-10-4-5-14(13(17)8-10)19-16(22)12-9-11(12)15(21)18-6-7-20(2)3/h4-5,8,11-12H,6-7,9H2,1-3H3,(H,18,21)(H,19,22). The molecule has 22 heavy (non-hydrogen) atoms. The van der Waals surface area contributed by atoms with Crippen LogP contribution in [-0.4, -0.2) is 43.9 Å². The maximum absolute atomic E-state index is 12.2. The molecule has 2 N–H and O–H groups in total. The molecule has 0 saturated heterocycles. The number of rotatable bonds is 6. The number of anilines is 1. The first-order chi connectivity index (χ1) is 10.4. The number of nitrogens with zero attached hydrogens (tertiary/aromatic N) is 1. The van der Waals surface area contributed by atoms with E-state index in [0.29, 0.717) is 13.0 Å². The summed E-state index contributed by atoms with van der Waals surface area (Å²) in [5.41, 5.74) is 1.86. The average Bonchev–Trinajstić information content (AvgIpc) is 3.22. The van der Waals surface area contributed by atoms with Crippen LogP contribution in [0.5, 0.6) is 0 Å². The Morgan fingerprint density at radius 3 is 2.59 bits per heavy atom. The molecular weight excluding hydrogens is 346 g/mol. The minimum absolute atomic E-state index is 0.0232. The van der Waals surface area contributed by atoms with Crippen LogP contribution in [0.1, 0.15) is 12.0 Å². The van der Waals surface area contributed by atoms with E-state index < -0.39 is 0 Å². The van der Waals surface area contributed by atoms with E-state index >= 15 is 0 Å². The predicted octanol–water partition coefficient (Wildman–Crippen LogP) is 2.01. The minimum Gasteiger partial charge on any atom is -0.355 e. The fraction of sp³-hybridized carbons (Fsp3) is 0.500. The van der Waals surface area contributed by atoms with Gasteiger partial charge in [-0.3, -0.25) is 9.59 Å². The predicted molar refractivity (Wildman–Crippen MR) is 90.7 cm³/mol. The van der Waals surface area contributed by atoms with Crippen molar-refractivity contribution in [2.24, 2.45) is 11.8 Å². The number of hydrogen-bond donors (Lipinski definition) is 2. The third-order valence-electron chi connectivity index (χ3n) is 3.70. The van der Waals surface area contributed by atoms with Gasteiger partial charge in [-0.15, -0.1) is 0 Å². The van der Waals surface area contributed by atoms with E-state index in [0.717, 1.165) is 22.3 Å². The van der Waals surface area contributed by atoms with Gasteiger partial charge in [0.15, 0.2) is 0 Å². The molecule has 2 atom stereocenters. The molecule has 6 heteroatoms. The molecule has 5 nitrogen and oxygen atoms in total. The monoisotopic (exact) mass is 367 g/mol. The number of likely N-dealkylation sites (N-methyl/N-ethyl adjacent to an activating group) is 1. The quantitative estimate of drug-likeness (QED) is 0.808. The molecule has 120 valence electrons. The molecule has 0 aromatic heterocycles. The van der Waals surface area contributed by atoms with Gasteiger partial charge in [0, 0.05) is 17.6 Å². The van der Waals surface area contributed by atoms with Crippen molar-refractivity contribution in [2.75, 3.05) is 32.5 Å². The Bertz CT molecular complexity index is 575. The molecule has 2 unspecified atom stereocenters. The van der Waals surface area contributed by atoms with Crippen molar-refractivity contribution in [3.05, 3.63) is 28.2 Å². The smallest absolute Gasteiger partial charge is 0.228 e. The second kappa shape index (κ2) is 7.24. The Labute approximate surface area is 139 Å². The van der Waals surface area contributed by atoms with Crippen molar-refractivity contribution in [3.8, 4) is 0 Å². The normalized spacial score (nSPS) is 19.9. The zero-order chi connectivity index (χ0) is 16.3. The van der Waals surface area contributed by atoms with E-state index in [4.69, 9.17) is 0 Å². The Morgan fingerprint density at radius 2 is 1.95 bits per heavy atom. The summed E-state index contributed by atoms with van der Waals surface area (Å²) < 4.78 is 0.855. The van der Waals surface area contributed by atoms with Gasteiger partial charge in [-0.25, -0.2) is 0 Å². The Kier molecular flexibility index (Phi) is 5.58. The van der Waals surface area contributed by atoms with Crippen LogP contribution in [0.2, 0.25) is 0 Å². The first kappa shape index (κ1) is 17.0. The highest BCUT2D eigenvalue weighted by atomic mass is 79.9. The molecule has 1 fully saturated rings. The van der Waals surface area contributed by atoms with E-state index in [1.807, 2.05) is 44.1 Å². The van der Waals surface area contributed by atoms with E-state index in [1.165, 1.54) is 0 Å². The van der Waals surface area contributed by atoms with Crippen molar-refractivity contribution in [3.63, 3.8) is 0 Å². The molecule has 0 bridgehead atoms. The summed E-state index contributed by atoms with van der Waals surface area (Å²) in [5.74, 6) is -0.513.